The lowest BCUT2D eigenvalue weighted by Crippen LogP contribution is -2.14. The van der Waals surface area contributed by atoms with Crippen LogP contribution in [-0.2, 0) is 5.41 Å². The molecule has 0 saturated carbocycles. The molecule has 0 bridgehead atoms. The first-order valence-corrected chi connectivity index (χ1v) is 19.9. The van der Waals surface area contributed by atoms with Crippen molar-refractivity contribution in [3.63, 3.8) is 0 Å². The highest BCUT2D eigenvalue weighted by molar-refractivity contribution is 6.25. The van der Waals surface area contributed by atoms with Gasteiger partial charge in [-0.05, 0) is 104 Å². The minimum atomic E-state index is -0.109. The lowest BCUT2D eigenvalue weighted by Gasteiger charge is -2.28. The average Bonchev–Trinajstić information content (AvgIpc) is 3.71. The number of hydrogen-bond acceptors (Lipinski definition) is 1. The van der Waals surface area contributed by atoms with Crippen LogP contribution in [0.25, 0.3) is 71.6 Å². The van der Waals surface area contributed by atoms with Crippen molar-refractivity contribution in [3.05, 3.63) is 217 Å². The zero-order chi connectivity index (χ0) is 38.1. The molecule has 1 aliphatic carbocycles. The Labute approximate surface area is 333 Å². The first-order valence-electron chi connectivity index (χ1n) is 19.9. The highest BCUT2D eigenvalue weighted by Gasteiger charge is 2.36. The van der Waals surface area contributed by atoms with Crippen LogP contribution in [-0.4, -0.2) is 4.57 Å². The van der Waals surface area contributed by atoms with E-state index in [1.54, 1.807) is 0 Å². The number of fused-ring (bicyclic) bond motifs is 8. The molecule has 10 aromatic rings. The van der Waals surface area contributed by atoms with Crippen LogP contribution in [0.1, 0.15) is 25.0 Å². The summed E-state index contributed by atoms with van der Waals surface area (Å²) in [5, 5.41) is 5.00. The summed E-state index contributed by atoms with van der Waals surface area (Å²) in [5.74, 6) is 0. The fraction of sp³-hybridized carbons (Fsp3) is 0.0545. The minimum Gasteiger partial charge on any atom is -0.310 e. The standard InChI is InChI=1S/C55H40N2/c1-55(2)49-28-15-14-25-44(49)47-34-48-51(35-50(47)55)57(42-22-10-5-11-23-42)53-36-52(45-26-12-13-27-46(45)54(48)53)56(41-20-8-4-9-21-41)43-24-16-19-40(33-43)39-31-29-38(30-32-39)37-17-6-3-7-18-37/h3-36H,1-2H3. The van der Waals surface area contributed by atoms with Crippen LogP contribution in [0.3, 0.4) is 0 Å². The summed E-state index contributed by atoms with van der Waals surface area (Å²) in [6.07, 6.45) is 0. The average molecular weight is 729 g/mol. The largest absolute Gasteiger partial charge is 0.310 e. The highest BCUT2D eigenvalue weighted by atomic mass is 15.1. The zero-order valence-corrected chi connectivity index (χ0v) is 32.0. The zero-order valence-electron chi connectivity index (χ0n) is 32.0. The molecule has 0 saturated heterocycles. The number of rotatable bonds is 6. The normalized spacial score (nSPS) is 12.9. The predicted molar refractivity (Wildman–Crippen MR) is 241 cm³/mol. The Morgan fingerprint density at radius 3 is 1.72 bits per heavy atom. The quantitative estimate of drug-likeness (QED) is 0.165. The second kappa shape index (κ2) is 13.0. The number of nitrogens with zero attached hydrogens (tertiary/aromatic N) is 2. The first-order chi connectivity index (χ1) is 28.0. The molecule has 0 spiro atoms. The Balaban J connectivity index is 1.17. The maximum Gasteiger partial charge on any atom is 0.0568 e. The van der Waals surface area contributed by atoms with Crippen molar-refractivity contribution < 1.29 is 0 Å². The van der Waals surface area contributed by atoms with E-state index in [4.69, 9.17) is 0 Å². The summed E-state index contributed by atoms with van der Waals surface area (Å²) in [6.45, 7) is 4.74. The van der Waals surface area contributed by atoms with E-state index in [0.717, 1.165) is 22.7 Å². The van der Waals surface area contributed by atoms with E-state index in [1.807, 2.05) is 0 Å². The fourth-order valence-electron chi connectivity index (χ4n) is 9.41. The van der Waals surface area contributed by atoms with E-state index in [0.29, 0.717) is 0 Å². The van der Waals surface area contributed by atoms with Crippen LogP contribution >= 0.6 is 0 Å². The molecule has 0 radical (unpaired) electrons. The van der Waals surface area contributed by atoms with Crippen molar-refractivity contribution in [3.8, 4) is 39.1 Å². The Morgan fingerprint density at radius 1 is 0.386 bits per heavy atom. The SMILES string of the molecule is CC1(C)c2ccccc2-c2cc3c4c5ccccc5c(N(c5ccccc5)c5cccc(-c6ccc(-c7ccccc7)cc6)c5)cc4n(-c4ccccc4)c3cc21. The lowest BCUT2D eigenvalue weighted by molar-refractivity contribution is 0.661. The molecule has 0 atom stereocenters. The Hall–Kier alpha value is -7.16. The van der Waals surface area contributed by atoms with Gasteiger partial charge in [0.05, 0.1) is 16.7 Å². The molecule has 57 heavy (non-hydrogen) atoms. The second-order valence-electron chi connectivity index (χ2n) is 15.8. The van der Waals surface area contributed by atoms with E-state index in [1.165, 1.54) is 77.1 Å². The van der Waals surface area contributed by atoms with E-state index >= 15 is 0 Å². The number of aromatic nitrogens is 1. The van der Waals surface area contributed by atoms with Crippen LogP contribution < -0.4 is 4.90 Å². The Bertz CT molecular complexity index is 3120. The van der Waals surface area contributed by atoms with Gasteiger partial charge in [-0.2, -0.15) is 0 Å². The van der Waals surface area contributed by atoms with Crippen LogP contribution in [0.4, 0.5) is 17.1 Å². The van der Waals surface area contributed by atoms with Crippen molar-refractivity contribution in [1.29, 1.82) is 0 Å². The summed E-state index contributed by atoms with van der Waals surface area (Å²) in [6, 6.07) is 75.5. The van der Waals surface area contributed by atoms with E-state index in [2.05, 4.69) is 230 Å². The molecule has 0 fully saturated rings. The van der Waals surface area contributed by atoms with Crippen LogP contribution in [0.5, 0.6) is 0 Å². The molecule has 9 aromatic carbocycles. The molecule has 1 heterocycles. The van der Waals surface area contributed by atoms with Gasteiger partial charge >= 0.3 is 0 Å². The van der Waals surface area contributed by atoms with Crippen molar-refractivity contribution in [2.45, 2.75) is 19.3 Å². The van der Waals surface area contributed by atoms with Gasteiger partial charge in [0.1, 0.15) is 0 Å². The third-order valence-electron chi connectivity index (χ3n) is 12.2. The van der Waals surface area contributed by atoms with Gasteiger partial charge in [-0.15, -0.1) is 0 Å². The van der Waals surface area contributed by atoms with Crippen LogP contribution in [0, 0.1) is 0 Å². The van der Waals surface area contributed by atoms with E-state index in [-0.39, 0.29) is 5.41 Å². The van der Waals surface area contributed by atoms with Gasteiger partial charge in [-0.1, -0.05) is 166 Å². The summed E-state index contributed by atoms with van der Waals surface area (Å²) in [7, 11) is 0. The van der Waals surface area contributed by atoms with Gasteiger partial charge in [0.15, 0.2) is 0 Å². The molecule has 2 nitrogen and oxygen atoms in total. The smallest absolute Gasteiger partial charge is 0.0568 e. The van der Waals surface area contributed by atoms with Gasteiger partial charge in [0.25, 0.3) is 0 Å². The molecule has 0 unspecified atom stereocenters. The summed E-state index contributed by atoms with van der Waals surface area (Å²) in [4.78, 5) is 2.44. The van der Waals surface area contributed by atoms with Crippen molar-refractivity contribution in [1.82, 2.24) is 4.57 Å². The van der Waals surface area contributed by atoms with E-state index in [9.17, 15) is 0 Å². The first kappa shape index (κ1) is 33.2. The van der Waals surface area contributed by atoms with Gasteiger partial charge in [-0.25, -0.2) is 0 Å². The topological polar surface area (TPSA) is 8.17 Å². The highest BCUT2D eigenvalue weighted by Crippen LogP contribution is 2.52. The van der Waals surface area contributed by atoms with Crippen molar-refractivity contribution in [2.75, 3.05) is 4.90 Å². The minimum absolute atomic E-state index is 0.109. The van der Waals surface area contributed by atoms with Gasteiger partial charge in [-0.3, -0.25) is 0 Å². The molecule has 270 valence electrons. The number of anilines is 3. The summed E-state index contributed by atoms with van der Waals surface area (Å²) < 4.78 is 2.49. The van der Waals surface area contributed by atoms with Gasteiger partial charge in [0.2, 0.25) is 0 Å². The monoisotopic (exact) mass is 728 g/mol. The molecule has 11 rings (SSSR count). The Kier molecular flexibility index (Phi) is 7.55. The molecule has 2 heteroatoms. The van der Waals surface area contributed by atoms with Gasteiger partial charge in [0, 0.05) is 38.6 Å². The van der Waals surface area contributed by atoms with Gasteiger partial charge < -0.3 is 9.47 Å². The third kappa shape index (κ3) is 5.25. The predicted octanol–water partition coefficient (Wildman–Crippen LogP) is 15.0. The Morgan fingerprint density at radius 2 is 0.965 bits per heavy atom. The number of benzene rings is 9. The summed E-state index contributed by atoms with van der Waals surface area (Å²) >= 11 is 0. The maximum atomic E-state index is 2.49. The third-order valence-corrected chi connectivity index (χ3v) is 12.2. The number of para-hydroxylation sites is 2. The maximum absolute atomic E-state index is 2.49. The lowest BCUT2D eigenvalue weighted by atomic mass is 9.82. The molecule has 0 amide bonds. The molecular formula is C55H40N2. The summed E-state index contributed by atoms with van der Waals surface area (Å²) in [5.41, 5.74) is 17.1. The molecular weight excluding hydrogens is 689 g/mol. The molecule has 0 aliphatic heterocycles. The number of hydrogen-bond donors (Lipinski definition) is 0. The van der Waals surface area contributed by atoms with Crippen molar-refractivity contribution >= 4 is 49.6 Å². The molecule has 0 N–H and O–H groups in total. The molecule has 1 aromatic heterocycles. The van der Waals surface area contributed by atoms with E-state index < -0.39 is 0 Å². The van der Waals surface area contributed by atoms with Crippen LogP contribution in [0.15, 0.2) is 206 Å². The second-order valence-corrected chi connectivity index (χ2v) is 15.8. The van der Waals surface area contributed by atoms with Crippen LogP contribution in [0.2, 0.25) is 0 Å². The van der Waals surface area contributed by atoms with Crippen molar-refractivity contribution in [2.24, 2.45) is 0 Å². The molecule has 1 aliphatic rings. The fourth-order valence-corrected chi connectivity index (χ4v) is 9.41.